The molecule has 230 valence electrons. The lowest BCUT2D eigenvalue weighted by atomic mass is 9.93. The zero-order chi connectivity index (χ0) is 32.5. The molecule has 0 atom stereocenters. The van der Waals surface area contributed by atoms with Crippen molar-refractivity contribution in [3.05, 3.63) is 164 Å². The van der Waals surface area contributed by atoms with Gasteiger partial charge in [-0.25, -0.2) is 0 Å². The number of hydrogen-bond donors (Lipinski definition) is 0. The maximum Gasteiger partial charge on any atom is 0.0547 e. The van der Waals surface area contributed by atoms with Gasteiger partial charge in [0, 0.05) is 42.0 Å². The van der Waals surface area contributed by atoms with E-state index in [1.165, 1.54) is 113 Å². The van der Waals surface area contributed by atoms with E-state index in [0.29, 0.717) is 0 Å². The van der Waals surface area contributed by atoms with Crippen LogP contribution in [0.3, 0.4) is 0 Å². The number of rotatable bonds is 2. The van der Waals surface area contributed by atoms with Gasteiger partial charge in [-0.05, 0) is 96.7 Å². The minimum absolute atomic E-state index is 1.18. The molecule has 9 aromatic carbocycles. The van der Waals surface area contributed by atoms with Gasteiger partial charge in [-0.3, -0.25) is 0 Å². The number of hydrogen-bond acceptors (Lipinski definition) is 1. The molecule has 0 amide bonds. The second kappa shape index (κ2) is 9.69. The van der Waals surface area contributed by atoms with Gasteiger partial charge in [0.2, 0.25) is 0 Å². The van der Waals surface area contributed by atoms with Crippen molar-refractivity contribution in [2.75, 3.05) is 0 Å². The van der Waals surface area contributed by atoms with Crippen LogP contribution in [-0.2, 0) is 0 Å². The van der Waals surface area contributed by atoms with Crippen LogP contribution in [0.4, 0.5) is 0 Å². The quantitative estimate of drug-likeness (QED) is 0.176. The molecular weight excluding hydrogens is 623 g/mol. The van der Waals surface area contributed by atoms with Crippen molar-refractivity contribution in [3.63, 3.8) is 0 Å². The lowest BCUT2D eigenvalue weighted by molar-refractivity contribution is 1.19. The van der Waals surface area contributed by atoms with E-state index in [0.717, 1.165) is 0 Å². The minimum atomic E-state index is 1.18. The van der Waals surface area contributed by atoms with Crippen LogP contribution >= 0.6 is 11.3 Å². The van der Waals surface area contributed by atoms with Crippen LogP contribution in [0.2, 0.25) is 0 Å². The topological polar surface area (TPSA) is 4.93 Å². The van der Waals surface area contributed by atoms with Crippen LogP contribution in [0.5, 0.6) is 0 Å². The van der Waals surface area contributed by atoms with Crippen molar-refractivity contribution in [2.24, 2.45) is 0 Å². The molecule has 0 N–H and O–H groups in total. The molecule has 0 radical (unpaired) electrons. The normalized spacial score (nSPS) is 12.4. The third kappa shape index (κ3) is 3.46. The number of fused-ring (bicyclic) bond motifs is 13. The first-order valence-electron chi connectivity index (χ1n) is 17.3. The summed E-state index contributed by atoms with van der Waals surface area (Å²) < 4.78 is 5.16. The first-order chi connectivity index (χ1) is 24.8. The summed E-state index contributed by atoms with van der Waals surface area (Å²) >= 11 is 1.90. The SMILES string of the molecule is c1ccc2c(c1)-c1cccc3c(-c4ccc5cc(-n6c7ccccc7c7c8ccc9c%10ccccc%10sc9c8ccc76)ccc5c4)ccc-2c13. The summed E-state index contributed by atoms with van der Waals surface area (Å²) in [4.78, 5) is 0. The second-order valence-electron chi connectivity index (χ2n) is 13.6. The van der Waals surface area contributed by atoms with Gasteiger partial charge in [-0.2, -0.15) is 0 Å². The molecule has 1 aliphatic rings. The fourth-order valence-electron chi connectivity index (χ4n) is 8.93. The molecule has 1 aliphatic carbocycles. The van der Waals surface area contributed by atoms with Gasteiger partial charge in [0.15, 0.2) is 0 Å². The van der Waals surface area contributed by atoms with Crippen molar-refractivity contribution in [2.45, 2.75) is 0 Å². The smallest absolute Gasteiger partial charge is 0.0547 e. The Morgan fingerprint density at radius 2 is 1.02 bits per heavy atom. The Labute approximate surface area is 291 Å². The van der Waals surface area contributed by atoms with E-state index >= 15 is 0 Å². The average Bonchev–Trinajstić information content (AvgIpc) is 3.84. The molecule has 1 nitrogen and oxygen atoms in total. The highest BCUT2D eigenvalue weighted by Crippen LogP contribution is 2.49. The molecule has 0 aliphatic heterocycles. The second-order valence-corrected chi connectivity index (χ2v) is 14.7. The van der Waals surface area contributed by atoms with E-state index in [4.69, 9.17) is 0 Å². The van der Waals surface area contributed by atoms with Gasteiger partial charge in [0.1, 0.15) is 0 Å². The zero-order valence-electron chi connectivity index (χ0n) is 26.9. The molecule has 12 rings (SSSR count). The Hall–Kier alpha value is -6.22. The fourth-order valence-corrected chi connectivity index (χ4v) is 10.2. The van der Waals surface area contributed by atoms with E-state index in [-0.39, 0.29) is 0 Å². The summed E-state index contributed by atoms with van der Waals surface area (Å²) in [5.41, 5.74) is 11.5. The summed E-state index contributed by atoms with van der Waals surface area (Å²) in [6.45, 7) is 0. The van der Waals surface area contributed by atoms with Crippen molar-refractivity contribution in [1.29, 1.82) is 0 Å². The van der Waals surface area contributed by atoms with Gasteiger partial charge >= 0.3 is 0 Å². The third-order valence-corrected chi connectivity index (χ3v) is 12.3. The molecular formula is C48H27NS. The molecule has 0 fully saturated rings. The lowest BCUT2D eigenvalue weighted by Gasteiger charge is -2.12. The van der Waals surface area contributed by atoms with Crippen molar-refractivity contribution in [3.8, 4) is 39.1 Å². The highest BCUT2D eigenvalue weighted by Gasteiger charge is 2.22. The summed E-state index contributed by atoms with van der Waals surface area (Å²) in [5.74, 6) is 0. The molecule has 0 saturated carbocycles. The van der Waals surface area contributed by atoms with Crippen LogP contribution in [0.15, 0.2) is 164 Å². The molecule has 11 aromatic rings. The van der Waals surface area contributed by atoms with E-state index in [9.17, 15) is 0 Å². The third-order valence-electron chi connectivity index (χ3n) is 11.1. The predicted molar refractivity (Wildman–Crippen MR) is 216 cm³/mol. The van der Waals surface area contributed by atoms with E-state index in [1.54, 1.807) is 0 Å². The van der Waals surface area contributed by atoms with E-state index in [2.05, 4.69) is 168 Å². The number of para-hydroxylation sites is 1. The van der Waals surface area contributed by atoms with Crippen LogP contribution in [-0.4, -0.2) is 4.57 Å². The maximum atomic E-state index is 2.45. The van der Waals surface area contributed by atoms with Crippen LogP contribution in [0, 0.1) is 0 Å². The highest BCUT2D eigenvalue weighted by atomic mass is 32.1. The molecule has 2 heteroatoms. The van der Waals surface area contributed by atoms with E-state index in [1.807, 2.05) is 11.3 Å². The summed E-state index contributed by atoms with van der Waals surface area (Å²) in [6, 6.07) is 61.1. The molecule has 2 aromatic heterocycles. The number of aromatic nitrogens is 1. The standard InChI is InChI=1S/C48H27NS/c1-2-9-34-33(8-1)37-13-7-12-36-32(20-21-38(34)46(36)37)30-17-16-29-27-31(19-18-28(29)26-30)49-43-14-5-3-11-42(43)47-39-22-23-40-35-10-4-6-15-45(35)50-48(40)41(39)24-25-44(47)49/h1-27H. The molecule has 0 saturated heterocycles. The lowest BCUT2D eigenvalue weighted by Crippen LogP contribution is -1.94. The maximum absolute atomic E-state index is 2.45. The Morgan fingerprint density at radius 1 is 0.360 bits per heavy atom. The summed E-state index contributed by atoms with van der Waals surface area (Å²) in [7, 11) is 0. The first kappa shape index (κ1) is 26.7. The predicted octanol–water partition coefficient (Wildman–Crippen LogP) is 13.9. The van der Waals surface area contributed by atoms with Crippen LogP contribution < -0.4 is 0 Å². The highest BCUT2D eigenvalue weighted by molar-refractivity contribution is 7.26. The number of benzene rings is 9. The average molecular weight is 650 g/mol. The zero-order valence-corrected chi connectivity index (χ0v) is 27.8. The minimum Gasteiger partial charge on any atom is -0.309 e. The molecule has 50 heavy (non-hydrogen) atoms. The molecule has 0 bridgehead atoms. The molecule has 0 unspecified atom stereocenters. The number of thiophene rings is 1. The van der Waals surface area contributed by atoms with Gasteiger partial charge in [0.25, 0.3) is 0 Å². The summed E-state index contributed by atoms with van der Waals surface area (Å²) in [6.07, 6.45) is 0. The Bertz CT molecular complexity index is 3240. The van der Waals surface area contributed by atoms with Crippen LogP contribution in [0.1, 0.15) is 0 Å². The molecule has 2 heterocycles. The Morgan fingerprint density at radius 3 is 1.94 bits per heavy atom. The Balaban J connectivity index is 1.03. The van der Waals surface area contributed by atoms with Gasteiger partial charge in [-0.1, -0.05) is 127 Å². The van der Waals surface area contributed by atoms with Crippen LogP contribution in [0.25, 0.3) is 113 Å². The van der Waals surface area contributed by atoms with Gasteiger partial charge < -0.3 is 4.57 Å². The van der Waals surface area contributed by atoms with Crippen molar-refractivity contribution < 1.29 is 0 Å². The fraction of sp³-hybridized carbons (Fsp3) is 0. The summed E-state index contributed by atoms with van der Waals surface area (Å²) in [5, 5.41) is 13.1. The van der Waals surface area contributed by atoms with Crippen molar-refractivity contribution in [1.82, 2.24) is 4.57 Å². The largest absolute Gasteiger partial charge is 0.309 e. The Kier molecular flexibility index (Phi) is 5.18. The molecule has 0 spiro atoms. The van der Waals surface area contributed by atoms with Crippen molar-refractivity contribution >= 4 is 85.6 Å². The van der Waals surface area contributed by atoms with E-state index < -0.39 is 0 Å². The van der Waals surface area contributed by atoms with Gasteiger partial charge in [0.05, 0.1) is 11.0 Å². The monoisotopic (exact) mass is 649 g/mol. The number of nitrogens with zero attached hydrogens (tertiary/aromatic N) is 1. The van der Waals surface area contributed by atoms with Gasteiger partial charge in [-0.15, -0.1) is 11.3 Å². The first-order valence-corrected chi connectivity index (χ1v) is 18.1.